The van der Waals surface area contributed by atoms with E-state index >= 15 is 0 Å². The topological polar surface area (TPSA) is 20.3 Å². The van der Waals surface area contributed by atoms with Crippen molar-refractivity contribution in [3.05, 3.63) is 81.4 Å². The Hall–Kier alpha value is -1.88. The number of rotatable bonds is 3. The van der Waals surface area contributed by atoms with Gasteiger partial charge in [0, 0.05) is 22.7 Å². The summed E-state index contributed by atoms with van der Waals surface area (Å²) in [4.78, 5) is 14.3. The highest BCUT2D eigenvalue weighted by Crippen LogP contribution is 2.20. The Balaban J connectivity index is 1.85. The van der Waals surface area contributed by atoms with Gasteiger partial charge in [0.25, 0.3) is 5.91 Å². The average molecular weight is 401 g/mol. The number of nitrogens with zero attached hydrogens (tertiary/aromatic N) is 1. The highest BCUT2D eigenvalue weighted by atomic mass is 127. The SMILES string of the molecule is CN(Cc1cccc2ccccc12)C(=O)c1ccc(I)cc1. The standard InChI is InChI=1S/C19H16INO/c1-21(19(22)15-9-11-17(20)12-10-15)13-16-7-4-6-14-5-2-3-8-18(14)16/h2-12H,13H2,1H3. The van der Waals surface area contributed by atoms with Crippen LogP contribution in [0.1, 0.15) is 15.9 Å². The molecule has 0 heterocycles. The molecule has 0 unspecified atom stereocenters. The monoisotopic (exact) mass is 401 g/mol. The lowest BCUT2D eigenvalue weighted by molar-refractivity contribution is 0.0785. The predicted octanol–water partition coefficient (Wildman–Crippen LogP) is 4.72. The maximum absolute atomic E-state index is 12.5. The molecule has 110 valence electrons. The lowest BCUT2D eigenvalue weighted by Gasteiger charge is -2.18. The van der Waals surface area contributed by atoms with E-state index in [1.54, 1.807) is 4.90 Å². The van der Waals surface area contributed by atoms with Crippen LogP contribution in [-0.2, 0) is 6.54 Å². The number of hydrogen-bond acceptors (Lipinski definition) is 1. The zero-order valence-electron chi connectivity index (χ0n) is 12.3. The molecule has 0 spiro atoms. The molecule has 1 amide bonds. The Morgan fingerprint density at radius 3 is 2.41 bits per heavy atom. The second-order valence-corrected chi connectivity index (χ2v) is 6.55. The van der Waals surface area contributed by atoms with Gasteiger partial charge in [-0.15, -0.1) is 0 Å². The minimum atomic E-state index is 0.0457. The first kappa shape index (κ1) is 15.0. The van der Waals surface area contributed by atoms with Crippen molar-refractivity contribution in [2.75, 3.05) is 7.05 Å². The molecule has 22 heavy (non-hydrogen) atoms. The van der Waals surface area contributed by atoms with Gasteiger partial charge in [-0.25, -0.2) is 0 Å². The van der Waals surface area contributed by atoms with Crippen LogP contribution in [0.15, 0.2) is 66.7 Å². The number of fused-ring (bicyclic) bond motifs is 1. The second-order valence-electron chi connectivity index (χ2n) is 5.31. The molecular weight excluding hydrogens is 385 g/mol. The van der Waals surface area contributed by atoms with E-state index in [0.29, 0.717) is 6.54 Å². The van der Waals surface area contributed by atoms with Crippen molar-refractivity contribution in [1.29, 1.82) is 0 Å². The number of amides is 1. The fourth-order valence-corrected chi connectivity index (χ4v) is 2.93. The van der Waals surface area contributed by atoms with E-state index in [2.05, 4.69) is 46.9 Å². The number of benzene rings is 3. The van der Waals surface area contributed by atoms with E-state index in [9.17, 15) is 4.79 Å². The van der Waals surface area contributed by atoms with Crippen LogP contribution in [0.5, 0.6) is 0 Å². The first-order valence-electron chi connectivity index (χ1n) is 7.13. The van der Waals surface area contributed by atoms with Gasteiger partial charge in [0.05, 0.1) is 0 Å². The molecule has 0 aliphatic rings. The summed E-state index contributed by atoms with van der Waals surface area (Å²) in [7, 11) is 1.85. The Morgan fingerprint density at radius 1 is 0.955 bits per heavy atom. The maximum atomic E-state index is 12.5. The molecule has 3 rings (SSSR count). The lowest BCUT2D eigenvalue weighted by atomic mass is 10.0. The molecule has 0 atom stereocenters. The predicted molar refractivity (Wildman–Crippen MR) is 98.9 cm³/mol. The number of carbonyl (C=O) groups is 1. The van der Waals surface area contributed by atoms with Crippen molar-refractivity contribution in [1.82, 2.24) is 4.90 Å². The zero-order chi connectivity index (χ0) is 15.5. The van der Waals surface area contributed by atoms with Crippen molar-refractivity contribution >= 4 is 39.3 Å². The third-order valence-electron chi connectivity index (χ3n) is 3.73. The van der Waals surface area contributed by atoms with Gasteiger partial charge in [-0.1, -0.05) is 42.5 Å². The molecule has 0 aliphatic heterocycles. The van der Waals surface area contributed by atoms with Crippen LogP contribution < -0.4 is 0 Å². The lowest BCUT2D eigenvalue weighted by Crippen LogP contribution is -2.26. The summed E-state index contributed by atoms with van der Waals surface area (Å²) in [6.07, 6.45) is 0. The summed E-state index contributed by atoms with van der Waals surface area (Å²) >= 11 is 2.24. The molecule has 3 aromatic carbocycles. The van der Waals surface area contributed by atoms with Gasteiger partial charge < -0.3 is 4.90 Å². The summed E-state index contributed by atoms with van der Waals surface area (Å²) in [5.74, 6) is 0.0457. The van der Waals surface area contributed by atoms with Crippen LogP contribution in [0.2, 0.25) is 0 Å². The quantitative estimate of drug-likeness (QED) is 0.582. The van der Waals surface area contributed by atoms with Crippen molar-refractivity contribution < 1.29 is 4.79 Å². The van der Waals surface area contributed by atoms with E-state index in [1.165, 1.54) is 16.3 Å². The second kappa shape index (κ2) is 6.48. The molecule has 0 bridgehead atoms. The Morgan fingerprint density at radius 2 is 1.64 bits per heavy atom. The van der Waals surface area contributed by atoms with Crippen LogP contribution in [-0.4, -0.2) is 17.9 Å². The zero-order valence-corrected chi connectivity index (χ0v) is 14.4. The van der Waals surface area contributed by atoms with E-state index in [1.807, 2.05) is 49.5 Å². The summed E-state index contributed by atoms with van der Waals surface area (Å²) in [5, 5.41) is 2.40. The highest BCUT2D eigenvalue weighted by molar-refractivity contribution is 14.1. The number of hydrogen-bond donors (Lipinski definition) is 0. The third-order valence-corrected chi connectivity index (χ3v) is 4.44. The first-order chi connectivity index (χ1) is 10.6. The third kappa shape index (κ3) is 3.14. The summed E-state index contributed by atoms with van der Waals surface area (Å²) in [6.45, 7) is 0.603. The molecule has 0 saturated carbocycles. The smallest absolute Gasteiger partial charge is 0.253 e. The highest BCUT2D eigenvalue weighted by Gasteiger charge is 2.13. The number of halogens is 1. The largest absolute Gasteiger partial charge is 0.337 e. The van der Waals surface area contributed by atoms with E-state index in [0.717, 1.165) is 9.13 Å². The van der Waals surface area contributed by atoms with E-state index in [-0.39, 0.29) is 5.91 Å². The first-order valence-corrected chi connectivity index (χ1v) is 8.21. The van der Waals surface area contributed by atoms with Gasteiger partial charge in [0.15, 0.2) is 0 Å². The van der Waals surface area contributed by atoms with Gasteiger partial charge >= 0.3 is 0 Å². The molecule has 2 nitrogen and oxygen atoms in total. The minimum absolute atomic E-state index is 0.0457. The molecule has 3 heteroatoms. The molecule has 3 aromatic rings. The van der Waals surface area contributed by atoms with E-state index in [4.69, 9.17) is 0 Å². The summed E-state index contributed by atoms with van der Waals surface area (Å²) in [5.41, 5.74) is 1.89. The maximum Gasteiger partial charge on any atom is 0.253 e. The van der Waals surface area contributed by atoms with Crippen LogP contribution in [0.4, 0.5) is 0 Å². The fraction of sp³-hybridized carbons (Fsp3) is 0.105. The van der Waals surface area contributed by atoms with Crippen molar-refractivity contribution in [3.8, 4) is 0 Å². The van der Waals surface area contributed by atoms with Crippen LogP contribution >= 0.6 is 22.6 Å². The van der Waals surface area contributed by atoms with Crippen LogP contribution in [0, 0.1) is 3.57 Å². The number of carbonyl (C=O) groups excluding carboxylic acids is 1. The van der Waals surface area contributed by atoms with Gasteiger partial charge in [-0.3, -0.25) is 4.79 Å². The summed E-state index contributed by atoms with van der Waals surface area (Å²) in [6, 6.07) is 22.2. The Bertz CT molecular complexity index is 806. The molecule has 0 aliphatic carbocycles. The van der Waals surface area contributed by atoms with Gasteiger partial charge in [0.1, 0.15) is 0 Å². The molecule has 0 radical (unpaired) electrons. The molecule has 0 fully saturated rings. The van der Waals surface area contributed by atoms with Crippen molar-refractivity contribution in [3.63, 3.8) is 0 Å². The normalized spacial score (nSPS) is 10.6. The van der Waals surface area contributed by atoms with Gasteiger partial charge in [-0.2, -0.15) is 0 Å². The molecule has 0 aromatic heterocycles. The van der Waals surface area contributed by atoms with Crippen molar-refractivity contribution in [2.24, 2.45) is 0 Å². The fourth-order valence-electron chi connectivity index (χ4n) is 2.57. The Labute approximate surface area is 143 Å². The molecule has 0 N–H and O–H groups in total. The summed E-state index contributed by atoms with van der Waals surface area (Å²) < 4.78 is 1.13. The van der Waals surface area contributed by atoms with E-state index < -0.39 is 0 Å². The minimum Gasteiger partial charge on any atom is -0.337 e. The van der Waals surface area contributed by atoms with Crippen LogP contribution in [0.3, 0.4) is 0 Å². The average Bonchev–Trinajstić information content (AvgIpc) is 2.55. The van der Waals surface area contributed by atoms with Gasteiger partial charge in [0.2, 0.25) is 0 Å². The van der Waals surface area contributed by atoms with Gasteiger partial charge in [-0.05, 0) is 63.2 Å². The van der Waals surface area contributed by atoms with Crippen LogP contribution in [0.25, 0.3) is 10.8 Å². The molecular formula is C19H16INO. The molecule has 0 saturated heterocycles. The Kier molecular flexibility index (Phi) is 4.43. The van der Waals surface area contributed by atoms with Crippen molar-refractivity contribution in [2.45, 2.75) is 6.54 Å².